The number of likely N-dealkylation sites (tertiary alicyclic amines) is 1. The van der Waals surface area contributed by atoms with Crippen LogP contribution in [-0.2, 0) is 0 Å². The van der Waals surface area contributed by atoms with Crippen LogP contribution in [0.25, 0.3) is 4.96 Å². The predicted molar refractivity (Wildman–Crippen MR) is 83.1 cm³/mol. The molecule has 3 heterocycles. The lowest BCUT2D eigenvalue weighted by Gasteiger charge is -2.30. The van der Waals surface area contributed by atoms with Crippen molar-refractivity contribution in [2.75, 3.05) is 13.1 Å². The highest BCUT2D eigenvalue weighted by atomic mass is 32.1. The summed E-state index contributed by atoms with van der Waals surface area (Å²) < 4.78 is 1.56. The zero-order valence-electron chi connectivity index (χ0n) is 12.5. The first kappa shape index (κ1) is 14.3. The molecular formula is C15H19N3O2S. The van der Waals surface area contributed by atoms with Crippen molar-refractivity contribution in [1.82, 2.24) is 14.3 Å². The van der Waals surface area contributed by atoms with Crippen molar-refractivity contribution in [2.45, 2.75) is 33.6 Å². The summed E-state index contributed by atoms with van der Waals surface area (Å²) in [5, 5.41) is 0. The zero-order chi connectivity index (χ0) is 15.1. The fourth-order valence-electron chi connectivity index (χ4n) is 2.70. The smallest absolute Gasteiger partial charge is 0.271 e. The van der Waals surface area contributed by atoms with Gasteiger partial charge in [-0.1, -0.05) is 6.92 Å². The van der Waals surface area contributed by atoms with Crippen LogP contribution in [0.5, 0.6) is 0 Å². The Balaban J connectivity index is 2.01. The molecule has 6 heteroatoms. The molecule has 1 aliphatic rings. The Kier molecular flexibility index (Phi) is 3.57. The summed E-state index contributed by atoms with van der Waals surface area (Å²) in [7, 11) is 0. The molecule has 0 radical (unpaired) electrons. The van der Waals surface area contributed by atoms with Gasteiger partial charge in [-0.25, -0.2) is 4.98 Å². The third-order valence-corrected chi connectivity index (χ3v) is 5.39. The molecule has 0 saturated carbocycles. The van der Waals surface area contributed by atoms with Gasteiger partial charge in [0.25, 0.3) is 11.5 Å². The molecule has 0 aromatic carbocycles. The lowest BCUT2D eigenvalue weighted by atomic mass is 9.99. The Morgan fingerprint density at radius 1 is 1.33 bits per heavy atom. The van der Waals surface area contributed by atoms with E-state index >= 15 is 0 Å². The van der Waals surface area contributed by atoms with Crippen molar-refractivity contribution in [3.63, 3.8) is 0 Å². The third kappa shape index (κ3) is 2.37. The highest BCUT2D eigenvalue weighted by Gasteiger charge is 2.24. The van der Waals surface area contributed by atoms with Gasteiger partial charge in [-0.3, -0.25) is 14.0 Å². The van der Waals surface area contributed by atoms with E-state index in [0.717, 1.165) is 36.5 Å². The molecule has 2 aromatic heterocycles. The molecule has 21 heavy (non-hydrogen) atoms. The highest BCUT2D eigenvalue weighted by Crippen LogP contribution is 2.20. The molecule has 0 aliphatic carbocycles. The van der Waals surface area contributed by atoms with Crippen molar-refractivity contribution >= 4 is 22.2 Å². The third-order valence-electron chi connectivity index (χ3n) is 4.32. The van der Waals surface area contributed by atoms with E-state index in [1.54, 1.807) is 9.30 Å². The van der Waals surface area contributed by atoms with Crippen LogP contribution in [0.4, 0.5) is 0 Å². The summed E-state index contributed by atoms with van der Waals surface area (Å²) in [6.45, 7) is 7.50. The lowest BCUT2D eigenvalue weighted by Crippen LogP contribution is -2.40. The van der Waals surface area contributed by atoms with Gasteiger partial charge in [0.05, 0.1) is 0 Å². The number of aryl methyl sites for hydroxylation is 2. The van der Waals surface area contributed by atoms with Crippen LogP contribution in [0.15, 0.2) is 11.0 Å². The number of carbonyl (C=O) groups excluding carboxylic acids is 1. The first-order valence-electron chi connectivity index (χ1n) is 7.26. The number of thiazole rings is 1. The average molecular weight is 305 g/mol. The van der Waals surface area contributed by atoms with Crippen LogP contribution in [0.1, 0.15) is 40.7 Å². The highest BCUT2D eigenvalue weighted by molar-refractivity contribution is 7.17. The molecular weight excluding hydrogens is 286 g/mol. The van der Waals surface area contributed by atoms with E-state index in [4.69, 9.17) is 0 Å². The number of carbonyl (C=O) groups is 1. The molecule has 1 saturated heterocycles. The second-order valence-corrected chi connectivity index (χ2v) is 7.00. The molecule has 1 amide bonds. The molecule has 0 unspecified atom stereocenters. The molecule has 1 fully saturated rings. The topological polar surface area (TPSA) is 54.7 Å². The summed E-state index contributed by atoms with van der Waals surface area (Å²) in [6.07, 6.45) is 3.44. The van der Waals surface area contributed by atoms with Gasteiger partial charge in [-0.05, 0) is 32.6 Å². The number of nitrogens with zero attached hydrogens (tertiary/aromatic N) is 3. The van der Waals surface area contributed by atoms with E-state index < -0.39 is 0 Å². The van der Waals surface area contributed by atoms with Crippen molar-refractivity contribution < 1.29 is 4.79 Å². The molecule has 112 valence electrons. The van der Waals surface area contributed by atoms with E-state index in [9.17, 15) is 9.59 Å². The Morgan fingerprint density at radius 2 is 2.00 bits per heavy atom. The summed E-state index contributed by atoms with van der Waals surface area (Å²) >= 11 is 1.48. The predicted octanol–water partition coefficient (Wildman–Crippen LogP) is 2.24. The molecule has 0 spiro atoms. The summed E-state index contributed by atoms with van der Waals surface area (Å²) in [6, 6.07) is 0. The molecule has 0 bridgehead atoms. The van der Waals surface area contributed by atoms with Crippen molar-refractivity contribution in [3.05, 3.63) is 32.7 Å². The summed E-state index contributed by atoms with van der Waals surface area (Å²) in [5.41, 5.74) is 0.808. The minimum absolute atomic E-state index is 0.183. The Bertz CT molecular complexity index is 754. The van der Waals surface area contributed by atoms with Crippen LogP contribution in [0.2, 0.25) is 0 Å². The van der Waals surface area contributed by atoms with Gasteiger partial charge in [0, 0.05) is 29.9 Å². The summed E-state index contributed by atoms with van der Waals surface area (Å²) in [5.74, 6) is 0.467. The van der Waals surface area contributed by atoms with E-state index in [2.05, 4.69) is 11.9 Å². The molecule has 0 atom stereocenters. The van der Waals surface area contributed by atoms with Crippen LogP contribution >= 0.6 is 11.3 Å². The van der Waals surface area contributed by atoms with Crippen molar-refractivity contribution in [1.29, 1.82) is 0 Å². The van der Waals surface area contributed by atoms with Crippen LogP contribution in [0, 0.1) is 19.8 Å². The monoisotopic (exact) mass is 305 g/mol. The molecule has 3 rings (SSSR count). The fourth-order valence-corrected chi connectivity index (χ4v) is 3.63. The largest absolute Gasteiger partial charge is 0.338 e. The van der Waals surface area contributed by atoms with E-state index in [0.29, 0.717) is 10.9 Å². The minimum atomic E-state index is -0.245. The number of fused-ring (bicyclic) bond motifs is 1. The van der Waals surface area contributed by atoms with Gasteiger partial charge in [-0.15, -0.1) is 11.3 Å². The maximum atomic E-state index is 12.6. The van der Waals surface area contributed by atoms with Crippen LogP contribution in [0.3, 0.4) is 0 Å². The second-order valence-electron chi connectivity index (χ2n) is 5.81. The lowest BCUT2D eigenvalue weighted by molar-refractivity contribution is 0.0695. The number of hydrogen-bond acceptors (Lipinski definition) is 4. The number of amides is 1. The SMILES string of the molecule is Cc1sc2ncc(C(=O)N3CCC(C)CC3)c(=O)n2c1C. The maximum Gasteiger partial charge on any atom is 0.271 e. The standard InChI is InChI=1S/C15H19N3O2S/c1-9-4-6-17(7-5-9)13(19)12-8-16-15-18(14(12)20)10(2)11(3)21-15/h8-9H,4-7H2,1-3H3. The molecule has 5 nitrogen and oxygen atoms in total. The first-order valence-corrected chi connectivity index (χ1v) is 8.07. The van der Waals surface area contributed by atoms with E-state index in [1.165, 1.54) is 17.5 Å². The fraction of sp³-hybridized carbons (Fsp3) is 0.533. The first-order chi connectivity index (χ1) is 9.99. The van der Waals surface area contributed by atoms with Gasteiger partial charge >= 0.3 is 0 Å². The Morgan fingerprint density at radius 3 is 2.67 bits per heavy atom. The number of hydrogen-bond donors (Lipinski definition) is 0. The zero-order valence-corrected chi connectivity index (χ0v) is 13.4. The Labute approximate surface area is 127 Å². The van der Waals surface area contributed by atoms with Crippen molar-refractivity contribution in [2.24, 2.45) is 5.92 Å². The number of rotatable bonds is 1. The quantitative estimate of drug-likeness (QED) is 0.812. The minimum Gasteiger partial charge on any atom is -0.338 e. The molecule has 2 aromatic rings. The maximum absolute atomic E-state index is 12.6. The van der Waals surface area contributed by atoms with Crippen molar-refractivity contribution in [3.8, 4) is 0 Å². The average Bonchev–Trinajstić information content (AvgIpc) is 2.75. The van der Waals surface area contributed by atoms with E-state index in [1.807, 2.05) is 13.8 Å². The van der Waals surface area contributed by atoms with Crippen LogP contribution < -0.4 is 5.56 Å². The van der Waals surface area contributed by atoms with Crippen LogP contribution in [-0.4, -0.2) is 33.3 Å². The van der Waals surface area contributed by atoms with Gasteiger partial charge < -0.3 is 4.90 Å². The van der Waals surface area contributed by atoms with Gasteiger partial charge in [0.2, 0.25) is 0 Å². The van der Waals surface area contributed by atoms with Gasteiger partial charge in [0.15, 0.2) is 4.96 Å². The number of piperidine rings is 1. The molecule has 1 aliphatic heterocycles. The molecule has 0 N–H and O–H groups in total. The second kappa shape index (κ2) is 5.26. The Hall–Kier alpha value is -1.69. The van der Waals surface area contributed by atoms with Gasteiger partial charge in [-0.2, -0.15) is 0 Å². The normalized spacial score (nSPS) is 16.6. The van der Waals surface area contributed by atoms with Gasteiger partial charge in [0.1, 0.15) is 5.56 Å². The summed E-state index contributed by atoms with van der Waals surface area (Å²) in [4.78, 5) is 32.9. The van der Waals surface area contributed by atoms with E-state index in [-0.39, 0.29) is 17.0 Å². The number of aromatic nitrogens is 2.